The highest BCUT2D eigenvalue weighted by Crippen LogP contribution is 2.58. The Morgan fingerprint density at radius 2 is 2.10 bits per heavy atom. The number of hydrogen-bond donors (Lipinski definition) is 1. The Kier molecular flexibility index (Phi) is 2.94. The minimum Gasteiger partial charge on any atom is -0.497 e. The van der Waals surface area contributed by atoms with Gasteiger partial charge in [0.05, 0.1) is 13.2 Å². The molecule has 2 heteroatoms. The SMILES string of the molecule is COc1ccc2c(c1)CC[C@@H]1[C@@H]2CC[C@@]2(C)[C@@H](O)C=C[C@@H]12. The van der Waals surface area contributed by atoms with Gasteiger partial charge in [-0.25, -0.2) is 0 Å². The van der Waals surface area contributed by atoms with Gasteiger partial charge in [0.1, 0.15) is 5.75 Å². The molecule has 0 heterocycles. The zero-order chi connectivity index (χ0) is 14.6. The number of allylic oxidation sites excluding steroid dienone is 1. The molecule has 0 bridgehead atoms. The summed E-state index contributed by atoms with van der Waals surface area (Å²) in [4.78, 5) is 0. The van der Waals surface area contributed by atoms with Gasteiger partial charge < -0.3 is 9.84 Å². The zero-order valence-corrected chi connectivity index (χ0v) is 12.9. The molecule has 1 aromatic rings. The number of aliphatic hydroxyl groups is 1. The lowest BCUT2D eigenvalue weighted by molar-refractivity contribution is -0.0101. The van der Waals surface area contributed by atoms with Gasteiger partial charge in [-0.15, -0.1) is 0 Å². The van der Waals surface area contributed by atoms with Crippen LogP contribution in [-0.4, -0.2) is 18.3 Å². The summed E-state index contributed by atoms with van der Waals surface area (Å²) < 4.78 is 5.37. The van der Waals surface area contributed by atoms with E-state index in [2.05, 4.69) is 31.2 Å². The summed E-state index contributed by atoms with van der Waals surface area (Å²) in [5.41, 5.74) is 3.08. The number of hydrogen-bond acceptors (Lipinski definition) is 2. The molecule has 0 aromatic heterocycles. The third-order valence-electron chi connectivity index (χ3n) is 6.41. The van der Waals surface area contributed by atoms with Gasteiger partial charge >= 0.3 is 0 Å². The molecule has 0 amide bonds. The van der Waals surface area contributed by atoms with Gasteiger partial charge in [0.25, 0.3) is 0 Å². The molecule has 0 spiro atoms. The largest absolute Gasteiger partial charge is 0.497 e. The average Bonchev–Trinajstić information content (AvgIpc) is 2.82. The predicted octanol–water partition coefficient (Wildman–Crippen LogP) is 3.69. The Balaban J connectivity index is 1.70. The molecule has 1 fully saturated rings. The van der Waals surface area contributed by atoms with Crippen LogP contribution in [0.25, 0.3) is 0 Å². The van der Waals surface area contributed by atoms with Crippen molar-refractivity contribution < 1.29 is 9.84 Å². The summed E-state index contributed by atoms with van der Waals surface area (Å²) in [5, 5.41) is 10.3. The minimum absolute atomic E-state index is 0.0745. The van der Waals surface area contributed by atoms with Crippen molar-refractivity contribution in [2.75, 3.05) is 7.11 Å². The van der Waals surface area contributed by atoms with Gasteiger partial charge in [0, 0.05) is 5.41 Å². The smallest absolute Gasteiger partial charge is 0.119 e. The predicted molar refractivity (Wildman–Crippen MR) is 83.5 cm³/mol. The van der Waals surface area contributed by atoms with Crippen LogP contribution >= 0.6 is 0 Å². The summed E-state index contributed by atoms with van der Waals surface area (Å²) in [5.74, 6) is 2.87. The van der Waals surface area contributed by atoms with Gasteiger partial charge in [-0.2, -0.15) is 0 Å². The Morgan fingerprint density at radius 1 is 1.24 bits per heavy atom. The van der Waals surface area contributed by atoms with Crippen molar-refractivity contribution in [3.63, 3.8) is 0 Å². The molecule has 0 radical (unpaired) electrons. The normalized spacial score (nSPS) is 40.3. The number of aliphatic hydroxyl groups excluding tert-OH is 1. The number of fused-ring (bicyclic) bond motifs is 5. The van der Waals surface area contributed by atoms with E-state index in [0.29, 0.717) is 17.8 Å². The lowest BCUT2D eigenvalue weighted by atomic mass is 9.55. The van der Waals surface area contributed by atoms with Crippen molar-refractivity contribution in [1.29, 1.82) is 0 Å². The summed E-state index contributed by atoms with van der Waals surface area (Å²) in [6, 6.07) is 6.61. The van der Waals surface area contributed by atoms with Crippen LogP contribution < -0.4 is 4.74 Å². The highest BCUT2D eigenvalue weighted by atomic mass is 16.5. The summed E-state index contributed by atoms with van der Waals surface area (Å²) in [7, 11) is 1.74. The van der Waals surface area contributed by atoms with Crippen molar-refractivity contribution in [3.05, 3.63) is 41.5 Å². The highest BCUT2D eigenvalue weighted by molar-refractivity contribution is 5.41. The fraction of sp³-hybridized carbons (Fsp3) is 0.579. The van der Waals surface area contributed by atoms with Crippen molar-refractivity contribution in [1.82, 2.24) is 0 Å². The molecular weight excluding hydrogens is 260 g/mol. The van der Waals surface area contributed by atoms with E-state index in [1.165, 1.54) is 24.0 Å². The second-order valence-corrected chi connectivity index (χ2v) is 7.27. The summed E-state index contributed by atoms with van der Waals surface area (Å²) >= 11 is 0. The Labute approximate surface area is 126 Å². The van der Waals surface area contributed by atoms with E-state index in [1.807, 2.05) is 6.08 Å². The molecule has 1 aromatic carbocycles. The standard InChI is InChI=1S/C19H24O2/c1-19-10-9-15-14-6-4-13(21-2)11-12(14)3-5-16(15)17(19)7-8-18(19)20/h4,6-8,11,15-18,20H,3,5,9-10H2,1-2H3/t15-,16-,17+,18+,19-/m1/s1. The van der Waals surface area contributed by atoms with Crippen molar-refractivity contribution >= 4 is 0 Å². The molecule has 5 atom stereocenters. The Hall–Kier alpha value is -1.28. The Bertz CT molecular complexity index is 591. The van der Waals surface area contributed by atoms with Crippen molar-refractivity contribution in [2.45, 2.75) is 44.6 Å². The first-order valence-corrected chi connectivity index (χ1v) is 8.16. The first-order chi connectivity index (χ1) is 10.1. The van der Waals surface area contributed by atoms with Crippen LogP contribution in [0.4, 0.5) is 0 Å². The molecule has 0 unspecified atom stereocenters. The van der Waals surface area contributed by atoms with Gasteiger partial charge in [-0.3, -0.25) is 0 Å². The van der Waals surface area contributed by atoms with E-state index in [0.717, 1.165) is 18.6 Å². The molecule has 3 aliphatic rings. The second kappa shape index (κ2) is 4.61. The maximum atomic E-state index is 10.3. The lowest BCUT2D eigenvalue weighted by Gasteiger charge is -2.50. The maximum absolute atomic E-state index is 10.3. The molecule has 4 rings (SSSR count). The molecule has 1 saturated carbocycles. The number of rotatable bonds is 1. The van der Waals surface area contributed by atoms with Crippen LogP contribution in [0.1, 0.15) is 43.2 Å². The third kappa shape index (κ3) is 1.81. The number of methoxy groups -OCH3 is 1. The van der Waals surface area contributed by atoms with Crippen molar-refractivity contribution in [2.24, 2.45) is 17.3 Å². The van der Waals surface area contributed by atoms with E-state index < -0.39 is 0 Å². The van der Waals surface area contributed by atoms with Crippen LogP contribution in [0, 0.1) is 17.3 Å². The number of benzene rings is 1. The van der Waals surface area contributed by atoms with Gasteiger partial charge in [-0.1, -0.05) is 25.1 Å². The minimum atomic E-state index is -0.249. The van der Waals surface area contributed by atoms with Gasteiger partial charge in [0.2, 0.25) is 0 Å². The zero-order valence-electron chi connectivity index (χ0n) is 12.9. The topological polar surface area (TPSA) is 29.5 Å². The van der Waals surface area contributed by atoms with Gasteiger partial charge in [0.15, 0.2) is 0 Å². The van der Waals surface area contributed by atoms with Crippen LogP contribution in [0.3, 0.4) is 0 Å². The van der Waals surface area contributed by atoms with Crippen LogP contribution in [0.5, 0.6) is 5.75 Å². The second-order valence-electron chi connectivity index (χ2n) is 7.27. The molecule has 0 saturated heterocycles. The van der Waals surface area contributed by atoms with Crippen LogP contribution in [0.15, 0.2) is 30.4 Å². The molecule has 2 nitrogen and oxygen atoms in total. The van der Waals surface area contributed by atoms with E-state index >= 15 is 0 Å². The van der Waals surface area contributed by atoms with E-state index in [9.17, 15) is 5.11 Å². The molecule has 1 N–H and O–H groups in total. The number of aryl methyl sites for hydroxylation is 1. The number of ether oxygens (including phenoxy) is 1. The first kappa shape index (κ1) is 13.4. The summed E-state index contributed by atoms with van der Waals surface area (Å²) in [6.07, 6.45) is 8.80. The lowest BCUT2D eigenvalue weighted by Crippen LogP contribution is -2.44. The first-order valence-electron chi connectivity index (χ1n) is 8.16. The molecule has 21 heavy (non-hydrogen) atoms. The van der Waals surface area contributed by atoms with Crippen molar-refractivity contribution in [3.8, 4) is 5.75 Å². The quantitative estimate of drug-likeness (QED) is 0.797. The third-order valence-corrected chi connectivity index (χ3v) is 6.41. The van der Waals surface area contributed by atoms with Crippen LogP contribution in [0.2, 0.25) is 0 Å². The maximum Gasteiger partial charge on any atom is 0.119 e. The van der Waals surface area contributed by atoms with Gasteiger partial charge in [-0.05, 0) is 66.7 Å². The van der Waals surface area contributed by atoms with Crippen LogP contribution in [-0.2, 0) is 6.42 Å². The molecule has 112 valence electrons. The van der Waals surface area contributed by atoms with E-state index in [4.69, 9.17) is 4.74 Å². The average molecular weight is 284 g/mol. The molecular formula is C19H24O2. The monoisotopic (exact) mass is 284 g/mol. The fourth-order valence-electron chi connectivity index (χ4n) is 5.12. The molecule has 0 aliphatic heterocycles. The summed E-state index contributed by atoms with van der Waals surface area (Å²) in [6.45, 7) is 2.28. The van der Waals surface area contributed by atoms with E-state index in [1.54, 1.807) is 7.11 Å². The van der Waals surface area contributed by atoms with E-state index in [-0.39, 0.29) is 11.5 Å². The Morgan fingerprint density at radius 3 is 2.90 bits per heavy atom. The highest BCUT2D eigenvalue weighted by Gasteiger charge is 2.52. The molecule has 3 aliphatic carbocycles. The fourth-order valence-corrected chi connectivity index (χ4v) is 5.12.